The SMILES string of the molecule is COC(=O)Cn1nnnc1SCC1Cc2ccccc2O1. The van der Waals surface area contributed by atoms with Crippen molar-refractivity contribution in [3.8, 4) is 5.75 Å². The molecule has 21 heavy (non-hydrogen) atoms. The summed E-state index contributed by atoms with van der Waals surface area (Å²) in [5, 5.41) is 11.9. The lowest BCUT2D eigenvalue weighted by Gasteiger charge is -2.09. The predicted molar refractivity (Wildman–Crippen MR) is 75.1 cm³/mol. The molecule has 1 unspecified atom stereocenters. The van der Waals surface area contributed by atoms with E-state index in [9.17, 15) is 4.79 Å². The Labute approximate surface area is 125 Å². The number of benzene rings is 1. The van der Waals surface area contributed by atoms with Crippen LogP contribution in [0.1, 0.15) is 5.56 Å². The van der Waals surface area contributed by atoms with Gasteiger partial charge in [-0.1, -0.05) is 30.0 Å². The zero-order valence-corrected chi connectivity index (χ0v) is 12.2. The number of aromatic nitrogens is 4. The molecule has 1 aromatic heterocycles. The lowest BCUT2D eigenvalue weighted by atomic mass is 10.1. The standard InChI is InChI=1S/C13H14N4O3S/c1-19-12(18)7-17-13(14-15-16-17)21-8-10-6-9-4-2-3-5-11(9)20-10/h2-5,10H,6-8H2,1H3. The third-order valence-electron chi connectivity index (χ3n) is 3.12. The van der Waals surface area contributed by atoms with Crippen LogP contribution in [0.3, 0.4) is 0 Å². The summed E-state index contributed by atoms with van der Waals surface area (Å²) in [6, 6.07) is 8.02. The van der Waals surface area contributed by atoms with E-state index in [2.05, 4.69) is 26.3 Å². The maximum atomic E-state index is 11.3. The molecule has 2 heterocycles. The zero-order valence-electron chi connectivity index (χ0n) is 11.4. The van der Waals surface area contributed by atoms with Crippen molar-refractivity contribution in [3.05, 3.63) is 29.8 Å². The van der Waals surface area contributed by atoms with Gasteiger partial charge in [-0.2, -0.15) is 0 Å². The Morgan fingerprint density at radius 3 is 3.19 bits per heavy atom. The average Bonchev–Trinajstić information content (AvgIpc) is 3.10. The van der Waals surface area contributed by atoms with Crippen LogP contribution in [0.25, 0.3) is 0 Å². The Bertz CT molecular complexity index is 621. The summed E-state index contributed by atoms with van der Waals surface area (Å²) in [6.07, 6.45) is 0.970. The smallest absolute Gasteiger partial charge is 0.327 e. The van der Waals surface area contributed by atoms with E-state index in [1.165, 1.54) is 29.1 Å². The van der Waals surface area contributed by atoms with E-state index in [0.29, 0.717) is 5.16 Å². The van der Waals surface area contributed by atoms with Crippen LogP contribution >= 0.6 is 11.8 Å². The Morgan fingerprint density at radius 1 is 1.52 bits per heavy atom. The number of methoxy groups -OCH3 is 1. The molecule has 0 fully saturated rings. The highest BCUT2D eigenvalue weighted by atomic mass is 32.2. The normalized spacial score (nSPS) is 16.3. The highest BCUT2D eigenvalue weighted by molar-refractivity contribution is 7.99. The van der Waals surface area contributed by atoms with Crippen LogP contribution in [0, 0.1) is 0 Å². The lowest BCUT2D eigenvalue weighted by molar-refractivity contribution is -0.141. The van der Waals surface area contributed by atoms with Gasteiger partial charge in [0.05, 0.1) is 7.11 Å². The van der Waals surface area contributed by atoms with Gasteiger partial charge in [0.2, 0.25) is 5.16 Å². The third-order valence-corrected chi connectivity index (χ3v) is 4.21. The first kappa shape index (κ1) is 13.9. The van der Waals surface area contributed by atoms with Gasteiger partial charge in [0.1, 0.15) is 18.4 Å². The summed E-state index contributed by atoms with van der Waals surface area (Å²) in [7, 11) is 1.34. The topological polar surface area (TPSA) is 79.1 Å². The van der Waals surface area contributed by atoms with Crippen molar-refractivity contribution in [1.29, 1.82) is 0 Å². The van der Waals surface area contributed by atoms with Crippen molar-refractivity contribution in [2.24, 2.45) is 0 Å². The molecular weight excluding hydrogens is 292 g/mol. The van der Waals surface area contributed by atoms with E-state index in [0.717, 1.165) is 17.9 Å². The minimum absolute atomic E-state index is 0.0115. The molecule has 0 spiro atoms. The molecule has 1 aliphatic heterocycles. The fourth-order valence-electron chi connectivity index (χ4n) is 2.10. The first-order valence-electron chi connectivity index (χ1n) is 6.46. The van der Waals surface area contributed by atoms with Gasteiger partial charge in [0.25, 0.3) is 0 Å². The molecule has 0 amide bonds. The van der Waals surface area contributed by atoms with Crippen LogP contribution in [0.4, 0.5) is 0 Å². The molecule has 1 aliphatic rings. The molecule has 1 atom stereocenters. The Hall–Kier alpha value is -2.09. The van der Waals surface area contributed by atoms with Crippen LogP contribution < -0.4 is 4.74 Å². The van der Waals surface area contributed by atoms with Gasteiger partial charge in [0, 0.05) is 12.2 Å². The number of tetrazole rings is 1. The van der Waals surface area contributed by atoms with E-state index in [1.54, 1.807) is 0 Å². The van der Waals surface area contributed by atoms with E-state index < -0.39 is 0 Å². The molecule has 110 valence electrons. The molecule has 0 radical (unpaired) electrons. The van der Waals surface area contributed by atoms with Crippen molar-refractivity contribution in [2.45, 2.75) is 24.2 Å². The molecule has 3 rings (SSSR count). The van der Waals surface area contributed by atoms with E-state index >= 15 is 0 Å². The summed E-state index contributed by atoms with van der Waals surface area (Å²) in [4.78, 5) is 11.3. The molecule has 1 aromatic carbocycles. The van der Waals surface area contributed by atoms with Crippen molar-refractivity contribution in [3.63, 3.8) is 0 Å². The summed E-state index contributed by atoms with van der Waals surface area (Å²) < 4.78 is 11.9. The van der Waals surface area contributed by atoms with Gasteiger partial charge in [-0.25, -0.2) is 4.68 Å². The zero-order chi connectivity index (χ0) is 14.7. The van der Waals surface area contributed by atoms with Gasteiger partial charge in [-0.05, 0) is 22.1 Å². The minimum Gasteiger partial charge on any atom is -0.489 e. The van der Waals surface area contributed by atoms with E-state index in [4.69, 9.17) is 4.74 Å². The van der Waals surface area contributed by atoms with Gasteiger partial charge in [-0.3, -0.25) is 4.79 Å². The van der Waals surface area contributed by atoms with Crippen molar-refractivity contribution in [2.75, 3.05) is 12.9 Å². The number of hydrogen-bond donors (Lipinski definition) is 0. The highest BCUT2D eigenvalue weighted by Gasteiger charge is 2.23. The maximum absolute atomic E-state index is 11.3. The predicted octanol–water partition coefficient (Wildman–Crippen LogP) is 0.942. The fraction of sp³-hybridized carbons (Fsp3) is 0.385. The van der Waals surface area contributed by atoms with Gasteiger partial charge in [-0.15, -0.1) is 5.10 Å². The number of carbonyl (C=O) groups is 1. The number of rotatable bonds is 5. The Balaban J connectivity index is 1.57. The van der Waals surface area contributed by atoms with Crippen LogP contribution in [0.15, 0.2) is 29.4 Å². The number of para-hydroxylation sites is 1. The number of ether oxygens (including phenoxy) is 2. The second-order valence-corrected chi connectivity index (χ2v) is 5.55. The van der Waals surface area contributed by atoms with Crippen LogP contribution in [0.2, 0.25) is 0 Å². The molecule has 0 saturated carbocycles. The third kappa shape index (κ3) is 3.15. The number of hydrogen-bond acceptors (Lipinski definition) is 7. The average molecular weight is 306 g/mol. The number of fused-ring (bicyclic) bond motifs is 1. The van der Waals surface area contributed by atoms with Gasteiger partial charge >= 0.3 is 5.97 Å². The van der Waals surface area contributed by atoms with Gasteiger partial charge < -0.3 is 9.47 Å². The summed E-state index contributed by atoms with van der Waals surface area (Å²) in [5.74, 6) is 1.28. The molecule has 0 N–H and O–H groups in total. The summed E-state index contributed by atoms with van der Waals surface area (Å²) in [5.41, 5.74) is 1.22. The first-order chi connectivity index (χ1) is 10.3. The lowest BCUT2D eigenvalue weighted by Crippen LogP contribution is -2.18. The van der Waals surface area contributed by atoms with E-state index in [1.807, 2.05) is 18.2 Å². The maximum Gasteiger partial charge on any atom is 0.327 e. The van der Waals surface area contributed by atoms with Crippen molar-refractivity contribution >= 4 is 17.7 Å². The quantitative estimate of drug-likeness (QED) is 0.601. The molecule has 0 saturated heterocycles. The molecule has 2 aromatic rings. The second-order valence-electron chi connectivity index (χ2n) is 4.56. The second kappa shape index (κ2) is 6.13. The molecule has 0 bridgehead atoms. The number of carbonyl (C=O) groups excluding carboxylic acids is 1. The van der Waals surface area contributed by atoms with E-state index in [-0.39, 0.29) is 18.6 Å². The summed E-state index contributed by atoms with van der Waals surface area (Å²) >= 11 is 1.47. The first-order valence-corrected chi connectivity index (χ1v) is 7.45. The van der Waals surface area contributed by atoms with Crippen LogP contribution in [0.5, 0.6) is 5.75 Å². The van der Waals surface area contributed by atoms with Crippen molar-refractivity contribution < 1.29 is 14.3 Å². The molecule has 0 aliphatic carbocycles. The van der Waals surface area contributed by atoms with Gasteiger partial charge in [0.15, 0.2) is 0 Å². The molecule has 8 heteroatoms. The Morgan fingerprint density at radius 2 is 2.38 bits per heavy atom. The van der Waals surface area contributed by atoms with Crippen molar-refractivity contribution in [1.82, 2.24) is 20.2 Å². The van der Waals surface area contributed by atoms with Crippen LogP contribution in [-0.2, 0) is 22.5 Å². The highest BCUT2D eigenvalue weighted by Crippen LogP contribution is 2.30. The number of nitrogens with zero attached hydrogens (tertiary/aromatic N) is 4. The monoisotopic (exact) mass is 306 g/mol. The molecule has 7 nitrogen and oxygen atoms in total. The summed E-state index contributed by atoms with van der Waals surface area (Å²) in [6.45, 7) is 0.0115. The largest absolute Gasteiger partial charge is 0.489 e. The molecular formula is C13H14N4O3S. The Kier molecular flexibility index (Phi) is 4.05. The van der Waals surface area contributed by atoms with Crippen LogP contribution in [-0.4, -0.2) is 45.1 Å². The number of esters is 1. The number of thioether (sulfide) groups is 1. The fourth-order valence-corrected chi connectivity index (χ4v) is 2.97. The minimum atomic E-state index is -0.381.